The molecule has 2 aliphatic heterocycles. The van der Waals surface area contributed by atoms with Crippen molar-refractivity contribution < 1.29 is 23.5 Å². The third-order valence-corrected chi connectivity index (χ3v) is 5.36. The summed E-state index contributed by atoms with van der Waals surface area (Å²) in [6.07, 6.45) is -1.04. The minimum atomic E-state index is -0.566. The van der Waals surface area contributed by atoms with Crippen LogP contribution in [-0.4, -0.2) is 50.9 Å². The highest BCUT2D eigenvalue weighted by atomic mass is 19.1. The SMILES string of the molecule is CC(=O)NC[C@H]1CN(c2cc(F)ccc2OCC2C3CNC[C@@H]32)C(=O)O1. The molecule has 2 unspecified atom stereocenters. The minimum Gasteiger partial charge on any atom is -0.491 e. The molecule has 2 saturated heterocycles. The molecule has 0 radical (unpaired) electrons. The van der Waals surface area contributed by atoms with E-state index in [1.807, 2.05) is 0 Å². The fourth-order valence-electron chi connectivity index (χ4n) is 3.89. The van der Waals surface area contributed by atoms with Gasteiger partial charge in [0.25, 0.3) is 0 Å². The zero-order chi connectivity index (χ0) is 18.3. The maximum absolute atomic E-state index is 13.8. The number of benzene rings is 1. The Morgan fingerprint density at radius 1 is 1.42 bits per heavy atom. The number of hydrogen-bond donors (Lipinski definition) is 2. The highest BCUT2D eigenvalue weighted by molar-refractivity contribution is 5.91. The summed E-state index contributed by atoms with van der Waals surface area (Å²) in [6.45, 7) is 4.47. The number of fused-ring (bicyclic) bond motifs is 1. The van der Waals surface area contributed by atoms with E-state index in [-0.39, 0.29) is 19.0 Å². The zero-order valence-electron chi connectivity index (χ0n) is 14.5. The quantitative estimate of drug-likeness (QED) is 0.792. The Balaban J connectivity index is 1.44. The summed E-state index contributed by atoms with van der Waals surface area (Å²) in [7, 11) is 0. The molecule has 3 aliphatic rings. The number of rotatable bonds is 6. The van der Waals surface area contributed by atoms with Crippen molar-refractivity contribution >= 4 is 17.7 Å². The van der Waals surface area contributed by atoms with Crippen LogP contribution in [0.2, 0.25) is 0 Å². The van der Waals surface area contributed by atoms with Crippen LogP contribution in [0, 0.1) is 23.6 Å². The van der Waals surface area contributed by atoms with E-state index < -0.39 is 18.0 Å². The van der Waals surface area contributed by atoms with Crippen molar-refractivity contribution in [2.24, 2.45) is 17.8 Å². The number of anilines is 1. The van der Waals surface area contributed by atoms with E-state index in [1.54, 1.807) is 6.07 Å². The summed E-state index contributed by atoms with van der Waals surface area (Å²) in [5.74, 6) is 1.68. The predicted octanol–water partition coefficient (Wildman–Crippen LogP) is 1.13. The van der Waals surface area contributed by atoms with Crippen molar-refractivity contribution in [3.05, 3.63) is 24.0 Å². The fraction of sp³-hybridized carbons (Fsp3) is 0.556. The lowest BCUT2D eigenvalue weighted by Gasteiger charge is -2.18. The molecule has 0 bridgehead atoms. The fourth-order valence-corrected chi connectivity index (χ4v) is 3.89. The monoisotopic (exact) mass is 363 g/mol. The van der Waals surface area contributed by atoms with E-state index in [0.717, 1.165) is 13.1 Å². The summed E-state index contributed by atoms with van der Waals surface area (Å²) in [6, 6.07) is 4.16. The van der Waals surface area contributed by atoms with E-state index in [0.29, 0.717) is 35.8 Å². The molecular weight excluding hydrogens is 341 g/mol. The van der Waals surface area contributed by atoms with Gasteiger partial charge in [0.05, 0.1) is 25.4 Å². The maximum Gasteiger partial charge on any atom is 0.414 e. The number of nitrogens with zero attached hydrogens (tertiary/aromatic N) is 1. The van der Waals surface area contributed by atoms with Gasteiger partial charge in [0.1, 0.15) is 17.7 Å². The molecule has 8 heteroatoms. The normalized spacial score (nSPS) is 29.3. The first-order chi connectivity index (χ1) is 12.5. The second-order valence-electron chi connectivity index (χ2n) is 7.13. The molecule has 140 valence electrons. The van der Waals surface area contributed by atoms with Crippen molar-refractivity contribution in [1.29, 1.82) is 0 Å². The van der Waals surface area contributed by atoms with Gasteiger partial charge in [0.2, 0.25) is 5.91 Å². The maximum atomic E-state index is 13.8. The van der Waals surface area contributed by atoms with Crippen LogP contribution >= 0.6 is 0 Å². The van der Waals surface area contributed by atoms with Gasteiger partial charge >= 0.3 is 6.09 Å². The first-order valence-corrected chi connectivity index (χ1v) is 8.88. The Bertz CT molecular complexity index is 718. The highest BCUT2D eigenvalue weighted by Crippen LogP contribution is 2.49. The smallest absolute Gasteiger partial charge is 0.414 e. The first kappa shape index (κ1) is 17.1. The highest BCUT2D eigenvalue weighted by Gasteiger charge is 2.53. The molecule has 26 heavy (non-hydrogen) atoms. The summed E-state index contributed by atoms with van der Waals surface area (Å²) in [5, 5.41) is 5.96. The number of piperidine rings is 1. The molecule has 7 nitrogen and oxygen atoms in total. The zero-order valence-corrected chi connectivity index (χ0v) is 14.5. The average molecular weight is 363 g/mol. The largest absolute Gasteiger partial charge is 0.491 e. The molecule has 1 aliphatic carbocycles. The second-order valence-corrected chi connectivity index (χ2v) is 7.13. The average Bonchev–Trinajstić information content (AvgIpc) is 2.95. The molecule has 2 N–H and O–H groups in total. The van der Waals surface area contributed by atoms with Crippen molar-refractivity contribution in [3.63, 3.8) is 0 Å². The van der Waals surface area contributed by atoms with Gasteiger partial charge in [0, 0.05) is 18.9 Å². The summed E-state index contributed by atoms with van der Waals surface area (Å²) in [4.78, 5) is 24.6. The predicted molar refractivity (Wildman–Crippen MR) is 91.5 cm³/mol. The van der Waals surface area contributed by atoms with Gasteiger partial charge in [0.15, 0.2) is 0 Å². The number of hydrogen-bond acceptors (Lipinski definition) is 5. The Morgan fingerprint density at radius 3 is 2.92 bits per heavy atom. The van der Waals surface area contributed by atoms with Crippen LogP contribution in [0.15, 0.2) is 18.2 Å². The van der Waals surface area contributed by atoms with Gasteiger partial charge < -0.3 is 20.1 Å². The molecule has 1 aromatic rings. The van der Waals surface area contributed by atoms with Gasteiger partial charge in [-0.1, -0.05) is 0 Å². The van der Waals surface area contributed by atoms with Gasteiger partial charge in [-0.2, -0.15) is 0 Å². The van der Waals surface area contributed by atoms with Gasteiger partial charge in [-0.15, -0.1) is 0 Å². The molecule has 1 aromatic carbocycles. The molecule has 4 rings (SSSR count). The van der Waals surface area contributed by atoms with E-state index in [2.05, 4.69) is 10.6 Å². The van der Waals surface area contributed by atoms with Gasteiger partial charge in [-0.25, -0.2) is 9.18 Å². The van der Waals surface area contributed by atoms with E-state index >= 15 is 0 Å². The second kappa shape index (κ2) is 6.75. The van der Waals surface area contributed by atoms with Crippen LogP contribution in [-0.2, 0) is 9.53 Å². The molecule has 2 heterocycles. The molecule has 1 saturated carbocycles. The molecule has 0 spiro atoms. The van der Waals surface area contributed by atoms with Gasteiger partial charge in [-0.05, 0) is 37.1 Å². The lowest BCUT2D eigenvalue weighted by molar-refractivity contribution is -0.119. The minimum absolute atomic E-state index is 0.196. The van der Waals surface area contributed by atoms with Crippen LogP contribution in [0.25, 0.3) is 0 Å². The van der Waals surface area contributed by atoms with Crippen LogP contribution in [0.1, 0.15) is 6.92 Å². The van der Waals surface area contributed by atoms with E-state index in [1.165, 1.54) is 24.0 Å². The molecular formula is C18H22FN3O4. The van der Waals surface area contributed by atoms with Crippen molar-refractivity contribution in [1.82, 2.24) is 10.6 Å². The molecule has 0 aromatic heterocycles. The Morgan fingerprint density at radius 2 is 2.19 bits per heavy atom. The molecule has 2 amide bonds. The Hall–Kier alpha value is -2.35. The standard InChI is InChI=1S/C18H22FN3O4/c1-10(23)21-5-12-8-22(18(24)26-12)16-4-11(19)2-3-17(16)25-9-15-13-6-20-7-14(13)15/h2-4,12-15,20H,5-9H2,1H3,(H,21,23)/t12-,13-,14?,15?/m0/s1. The molecule has 3 fully saturated rings. The van der Waals surface area contributed by atoms with Gasteiger partial charge in [-0.3, -0.25) is 9.69 Å². The van der Waals surface area contributed by atoms with E-state index in [9.17, 15) is 14.0 Å². The first-order valence-electron chi connectivity index (χ1n) is 8.88. The number of carbonyl (C=O) groups is 2. The van der Waals surface area contributed by atoms with E-state index in [4.69, 9.17) is 9.47 Å². The summed E-state index contributed by atoms with van der Waals surface area (Å²) in [5.41, 5.74) is 0.365. The lowest BCUT2D eigenvalue weighted by Crippen LogP contribution is -2.33. The Labute approximate surface area is 150 Å². The number of cyclic esters (lactones) is 1. The van der Waals surface area contributed by atoms with Crippen LogP contribution in [0.3, 0.4) is 0 Å². The van der Waals surface area contributed by atoms with Crippen molar-refractivity contribution in [3.8, 4) is 5.75 Å². The van der Waals surface area contributed by atoms with Crippen LogP contribution in [0.5, 0.6) is 5.75 Å². The topological polar surface area (TPSA) is 79.9 Å². The third kappa shape index (κ3) is 3.33. The number of ether oxygens (including phenoxy) is 2. The lowest BCUT2D eigenvalue weighted by atomic mass is 10.2. The number of amides is 2. The summed E-state index contributed by atoms with van der Waals surface area (Å²) >= 11 is 0. The number of carbonyl (C=O) groups excluding carboxylic acids is 2. The summed E-state index contributed by atoms with van der Waals surface area (Å²) < 4.78 is 25.0. The van der Waals surface area contributed by atoms with Crippen LogP contribution < -0.4 is 20.3 Å². The number of halogens is 1. The van der Waals surface area contributed by atoms with Crippen molar-refractivity contribution in [2.45, 2.75) is 13.0 Å². The molecule has 4 atom stereocenters. The van der Waals surface area contributed by atoms with Crippen LogP contribution in [0.4, 0.5) is 14.9 Å². The third-order valence-electron chi connectivity index (χ3n) is 5.36. The Kier molecular flexibility index (Phi) is 4.44. The van der Waals surface area contributed by atoms with Crippen molar-refractivity contribution in [2.75, 3.05) is 37.7 Å². The number of nitrogens with one attached hydrogen (secondary N) is 2.